The first-order valence-corrected chi connectivity index (χ1v) is 7.58. The summed E-state index contributed by atoms with van der Waals surface area (Å²) in [6.07, 6.45) is -3.91. The van der Waals surface area contributed by atoms with E-state index >= 15 is 0 Å². The molecule has 2 aromatic rings. The van der Waals surface area contributed by atoms with E-state index in [0.717, 1.165) is 14.5 Å². The second kappa shape index (κ2) is 5.43. The highest BCUT2D eigenvalue weighted by molar-refractivity contribution is 14.1. The predicted molar refractivity (Wildman–Crippen MR) is 82.7 cm³/mol. The summed E-state index contributed by atoms with van der Waals surface area (Å²) in [6.45, 7) is -0.358. The highest BCUT2D eigenvalue weighted by Gasteiger charge is 2.44. The fourth-order valence-corrected chi connectivity index (χ4v) is 3.54. The molecule has 0 radical (unpaired) electrons. The Labute approximate surface area is 133 Å². The maximum Gasteiger partial charge on any atom is 0.164 e. The molecule has 0 bridgehead atoms. The molecule has 0 saturated carbocycles. The van der Waals surface area contributed by atoms with Crippen LogP contribution in [0.3, 0.4) is 0 Å². The number of hydrogen-bond acceptors (Lipinski definition) is 4. The quantitative estimate of drug-likeness (QED) is 0.658. The number of ether oxygens (including phenoxy) is 1. The lowest BCUT2D eigenvalue weighted by molar-refractivity contribution is -0.0505. The molecular formula is C13H13ClINO4. The van der Waals surface area contributed by atoms with Crippen LogP contribution < -0.4 is 0 Å². The topological polar surface area (TPSA) is 74.9 Å². The van der Waals surface area contributed by atoms with Gasteiger partial charge in [-0.3, -0.25) is 0 Å². The van der Waals surface area contributed by atoms with Gasteiger partial charge in [-0.15, -0.1) is 0 Å². The van der Waals surface area contributed by atoms with Gasteiger partial charge < -0.3 is 24.6 Å². The van der Waals surface area contributed by atoms with E-state index < -0.39 is 24.5 Å². The Morgan fingerprint density at radius 2 is 1.95 bits per heavy atom. The second-order valence-electron chi connectivity index (χ2n) is 4.72. The highest BCUT2D eigenvalue weighted by atomic mass is 127. The Kier molecular flexibility index (Phi) is 3.95. The molecule has 3 N–H and O–H groups in total. The van der Waals surface area contributed by atoms with Gasteiger partial charge >= 0.3 is 0 Å². The van der Waals surface area contributed by atoms with Crippen LogP contribution in [0.2, 0.25) is 5.15 Å². The number of nitrogens with zero attached hydrogens (tertiary/aromatic N) is 1. The number of fused-ring (bicyclic) bond motifs is 1. The summed E-state index contributed by atoms with van der Waals surface area (Å²) in [5.74, 6) is 0. The Morgan fingerprint density at radius 3 is 2.60 bits per heavy atom. The summed E-state index contributed by atoms with van der Waals surface area (Å²) in [7, 11) is 0. The van der Waals surface area contributed by atoms with Crippen molar-refractivity contribution in [1.29, 1.82) is 0 Å². The van der Waals surface area contributed by atoms with Gasteiger partial charge in [-0.25, -0.2) is 0 Å². The molecule has 108 valence electrons. The Morgan fingerprint density at radius 1 is 1.25 bits per heavy atom. The fraction of sp³-hybridized carbons (Fsp3) is 0.385. The minimum absolute atomic E-state index is 0.358. The van der Waals surface area contributed by atoms with Crippen molar-refractivity contribution in [3.8, 4) is 0 Å². The zero-order chi connectivity index (χ0) is 14.4. The van der Waals surface area contributed by atoms with Gasteiger partial charge in [-0.2, -0.15) is 0 Å². The fourth-order valence-electron chi connectivity index (χ4n) is 2.53. The SMILES string of the molecule is OC[C@H]1O[C@@H](n2c(Cl)c(I)c3ccccc32)[C@H](O)[C@@H]1O. The summed E-state index contributed by atoms with van der Waals surface area (Å²) in [5, 5.41) is 30.6. The maximum absolute atomic E-state index is 10.1. The van der Waals surface area contributed by atoms with Gasteiger partial charge in [0.1, 0.15) is 23.5 Å². The van der Waals surface area contributed by atoms with Crippen LogP contribution in [-0.4, -0.2) is 44.8 Å². The lowest BCUT2D eigenvalue weighted by Crippen LogP contribution is -2.33. The first kappa shape index (κ1) is 14.6. The number of rotatable bonds is 2. The molecule has 5 nitrogen and oxygen atoms in total. The number of aromatic nitrogens is 1. The van der Waals surface area contributed by atoms with Crippen LogP contribution in [0, 0.1) is 3.57 Å². The van der Waals surface area contributed by atoms with Crippen LogP contribution in [0.4, 0.5) is 0 Å². The number of para-hydroxylation sites is 1. The van der Waals surface area contributed by atoms with E-state index in [-0.39, 0.29) is 6.61 Å². The van der Waals surface area contributed by atoms with E-state index in [1.165, 1.54) is 0 Å². The number of benzene rings is 1. The largest absolute Gasteiger partial charge is 0.394 e. The van der Waals surface area contributed by atoms with Gasteiger partial charge in [-0.1, -0.05) is 29.8 Å². The zero-order valence-corrected chi connectivity index (χ0v) is 13.2. The lowest BCUT2D eigenvalue weighted by Gasteiger charge is -2.19. The van der Waals surface area contributed by atoms with Gasteiger partial charge in [0.2, 0.25) is 0 Å². The molecule has 3 rings (SSSR count). The van der Waals surface area contributed by atoms with E-state index in [2.05, 4.69) is 22.6 Å². The number of aliphatic hydroxyl groups excluding tert-OH is 3. The molecule has 0 amide bonds. The van der Waals surface area contributed by atoms with Gasteiger partial charge in [0, 0.05) is 5.39 Å². The minimum Gasteiger partial charge on any atom is -0.394 e. The monoisotopic (exact) mass is 409 g/mol. The van der Waals surface area contributed by atoms with E-state index in [1.807, 2.05) is 24.3 Å². The van der Waals surface area contributed by atoms with Crippen molar-refractivity contribution in [2.24, 2.45) is 0 Å². The molecule has 1 saturated heterocycles. The molecule has 1 aliphatic heterocycles. The zero-order valence-electron chi connectivity index (χ0n) is 10.3. The van der Waals surface area contributed by atoms with Crippen molar-refractivity contribution in [2.75, 3.05) is 6.61 Å². The number of aliphatic hydroxyl groups is 3. The van der Waals surface area contributed by atoms with Crippen LogP contribution in [0.25, 0.3) is 10.9 Å². The number of halogens is 2. The van der Waals surface area contributed by atoms with Crippen LogP contribution in [0.5, 0.6) is 0 Å². The lowest BCUT2D eigenvalue weighted by atomic mass is 10.1. The summed E-state index contributed by atoms with van der Waals surface area (Å²) in [6, 6.07) is 7.58. The van der Waals surface area contributed by atoms with Gasteiger partial charge in [0.25, 0.3) is 0 Å². The number of hydrogen-bond donors (Lipinski definition) is 3. The van der Waals surface area contributed by atoms with Crippen molar-refractivity contribution in [2.45, 2.75) is 24.5 Å². The van der Waals surface area contributed by atoms with E-state index in [9.17, 15) is 10.2 Å². The first-order valence-electron chi connectivity index (χ1n) is 6.12. The molecule has 4 atom stereocenters. The van der Waals surface area contributed by atoms with E-state index in [0.29, 0.717) is 5.15 Å². The van der Waals surface area contributed by atoms with Crippen molar-refractivity contribution >= 4 is 45.1 Å². The Hall–Kier alpha value is -0.380. The molecule has 2 heterocycles. The third kappa shape index (κ3) is 2.06. The maximum atomic E-state index is 10.1. The summed E-state index contributed by atoms with van der Waals surface area (Å²) in [4.78, 5) is 0. The molecule has 1 fully saturated rings. The van der Waals surface area contributed by atoms with E-state index in [4.69, 9.17) is 21.4 Å². The minimum atomic E-state index is -1.14. The third-order valence-corrected chi connectivity index (χ3v) is 5.35. The highest BCUT2D eigenvalue weighted by Crippen LogP contribution is 2.39. The van der Waals surface area contributed by atoms with Gasteiger partial charge in [0.15, 0.2) is 6.23 Å². The molecule has 1 aliphatic rings. The average Bonchev–Trinajstić information content (AvgIpc) is 2.88. The second-order valence-corrected chi connectivity index (χ2v) is 6.16. The van der Waals surface area contributed by atoms with Crippen LogP contribution in [0.1, 0.15) is 6.23 Å². The summed E-state index contributed by atoms with van der Waals surface area (Å²) in [5.41, 5.74) is 0.816. The first-order chi connectivity index (χ1) is 9.56. The smallest absolute Gasteiger partial charge is 0.164 e. The van der Waals surface area contributed by atoms with Crippen molar-refractivity contribution < 1.29 is 20.1 Å². The Bertz CT molecular complexity index is 647. The van der Waals surface area contributed by atoms with Crippen molar-refractivity contribution in [3.05, 3.63) is 33.0 Å². The molecular weight excluding hydrogens is 397 g/mol. The van der Waals surface area contributed by atoms with Crippen molar-refractivity contribution in [3.63, 3.8) is 0 Å². The summed E-state index contributed by atoms with van der Waals surface area (Å²) < 4.78 is 8.06. The molecule has 1 aromatic carbocycles. The van der Waals surface area contributed by atoms with Crippen LogP contribution in [-0.2, 0) is 4.74 Å². The van der Waals surface area contributed by atoms with Crippen LogP contribution in [0.15, 0.2) is 24.3 Å². The third-order valence-electron chi connectivity index (χ3n) is 3.56. The molecule has 20 heavy (non-hydrogen) atoms. The normalized spacial score (nSPS) is 30.2. The molecule has 7 heteroatoms. The van der Waals surface area contributed by atoms with Gasteiger partial charge in [-0.05, 0) is 28.7 Å². The average molecular weight is 410 g/mol. The Balaban J connectivity index is 2.13. The predicted octanol–water partition coefficient (Wildman–Crippen LogP) is 1.51. The standard InChI is InChI=1S/C13H13ClINO4/c14-12-9(15)6-3-1-2-4-7(6)16(12)13-11(19)10(18)8(5-17)20-13/h1-4,8,10-11,13,17-19H,5H2/t8-,10-,11-,13-/m1/s1. The molecule has 1 aromatic heterocycles. The molecule has 0 unspecified atom stereocenters. The molecule has 0 spiro atoms. The van der Waals surface area contributed by atoms with Gasteiger partial charge in [0.05, 0.1) is 15.7 Å². The molecule has 0 aliphatic carbocycles. The van der Waals surface area contributed by atoms with Crippen molar-refractivity contribution in [1.82, 2.24) is 4.57 Å². The van der Waals surface area contributed by atoms with Crippen LogP contribution >= 0.6 is 34.2 Å². The summed E-state index contributed by atoms with van der Waals surface area (Å²) >= 11 is 8.48. The van der Waals surface area contributed by atoms with E-state index in [1.54, 1.807) is 4.57 Å².